The number of halogens is 2. The number of carbonyl (C=O) groups excluding carboxylic acids is 2. The van der Waals surface area contributed by atoms with E-state index in [1.807, 2.05) is 36.4 Å². The van der Waals surface area contributed by atoms with Crippen molar-refractivity contribution in [2.24, 2.45) is 0 Å². The van der Waals surface area contributed by atoms with Gasteiger partial charge in [0.15, 0.2) is 6.29 Å². The van der Waals surface area contributed by atoms with Crippen LogP contribution in [0.5, 0.6) is 0 Å². The lowest BCUT2D eigenvalue weighted by Gasteiger charge is -2.14. The first-order chi connectivity index (χ1) is 15.1. The Kier molecular flexibility index (Phi) is 5.76. The normalized spacial score (nSPS) is 11.7. The van der Waals surface area contributed by atoms with E-state index in [1.165, 1.54) is 0 Å². The minimum Gasteiger partial charge on any atom is -0.449 e. The fraction of sp³-hybridized carbons (Fsp3) is 0.120. The molecule has 0 aliphatic heterocycles. The summed E-state index contributed by atoms with van der Waals surface area (Å²) >= 11 is 0. The second-order valence-corrected chi connectivity index (χ2v) is 6.95. The maximum absolute atomic E-state index is 13.6. The zero-order valence-corrected chi connectivity index (χ0v) is 16.3. The van der Waals surface area contributed by atoms with Crippen LogP contribution in [0.2, 0.25) is 0 Å². The topological polar surface area (TPSA) is 55.4 Å². The molecule has 0 bridgehead atoms. The van der Waals surface area contributed by atoms with E-state index in [0.717, 1.165) is 34.4 Å². The van der Waals surface area contributed by atoms with Gasteiger partial charge in [-0.2, -0.15) is 0 Å². The van der Waals surface area contributed by atoms with Crippen molar-refractivity contribution in [3.63, 3.8) is 0 Å². The summed E-state index contributed by atoms with van der Waals surface area (Å²) in [6.07, 6.45) is -0.523. The van der Waals surface area contributed by atoms with Crippen LogP contribution >= 0.6 is 0 Å². The molecule has 1 aliphatic rings. The average Bonchev–Trinajstić information content (AvgIpc) is 3.09. The van der Waals surface area contributed by atoms with Gasteiger partial charge in [0.1, 0.15) is 18.2 Å². The van der Waals surface area contributed by atoms with Gasteiger partial charge in [0, 0.05) is 11.5 Å². The van der Waals surface area contributed by atoms with E-state index in [0.29, 0.717) is 0 Å². The Bertz CT molecular complexity index is 1160. The van der Waals surface area contributed by atoms with Crippen molar-refractivity contribution >= 4 is 12.4 Å². The molecule has 0 fully saturated rings. The van der Waals surface area contributed by atoms with Crippen LogP contribution in [0.15, 0.2) is 60.7 Å². The zero-order chi connectivity index (χ0) is 21.8. The second-order valence-electron chi connectivity index (χ2n) is 6.95. The van der Waals surface area contributed by atoms with Crippen molar-refractivity contribution in [3.05, 3.63) is 94.6 Å². The first-order valence-corrected chi connectivity index (χ1v) is 9.60. The Morgan fingerprint density at radius 3 is 2.16 bits per heavy atom. The van der Waals surface area contributed by atoms with Gasteiger partial charge in [0.2, 0.25) is 0 Å². The smallest absolute Gasteiger partial charge is 0.407 e. The van der Waals surface area contributed by atoms with Gasteiger partial charge < -0.3 is 10.1 Å². The summed E-state index contributed by atoms with van der Waals surface area (Å²) in [4.78, 5) is 22.7. The molecule has 0 saturated carbocycles. The molecule has 3 aromatic carbocycles. The summed E-state index contributed by atoms with van der Waals surface area (Å²) in [5, 5.41) is 2.50. The lowest BCUT2D eigenvalue weighted by Crippen LogP contribution is -2.26. The Hall–Kier alpha value is -3.98. The molecule has 1 N–H and O–H groups in total. The van der Waals surface area contributed by atoms with Crippen LogP contribution in [0.25, 0.3) is 11.1 Å². The average molecular weight is 417 g/mol. The largest absolute Gasteiger partial charge is 0.449 e. The Balaban J connectivity index is 1.35. The number of fused-ring (bicyclic) bond motifs is 3. The van der Waals surface area contributed by atoms with E-state index in [-0.39, 0.29) is 30.9 Å². The van der Waals surface area contributed by atoms with Crippen molar-refractivity contribution < 1.29 is 23.1 Å². The predicted molar refractivity (Wildman–Crippen MR) is 112 cm³/mol. The number of rotatable bonds is 4. The summed E-state index contributed by atoms with van der Waals surface area (Å²) in [6, 6.07) is 18.0. The molecule has 1 amide bonds. The van der Waals surface area contributed by atoms with E-state index in [9.17, 15) is 18.4 Å². The van der Waals surface area contributed by atoms with Gasteiger partial charge in [-0.05, 0) is 34.4 Å². The van der Waals surface area contributed by atoms with Crippen LogP contribution < -0.4 is 5.32 Å². The highest BCUT2D eigenvalue weighted by molar-refractivity contribution is 5.79. The van der Waals surface area contributed by atoms with Crippen molar-refractivity contribution in [1.29, 1.82) is 0 Å². The monoisotopic (exact) mass is 417 g/mol. The lowest BCUT2D eigenvalue weighted by molar-refractivity contribution is 0.111. The minimum absolute atomic E-state index is 0.0495. The molecule has 0 aromatic heterocycles. The minimum atomic E-state index is -0.983. The Morgan fingerprint density at radius 2 is 1.58 bits per heavy atom. The molecule has 1 aliphatic carbocycles. The number of hydrogen-bond donors (Lipinski definition) is 1. The molecule has 4 rings (SSSR count). The molecule has 31 heavy (non-hydrogen) atoms. The lowest BCUT2D eigenvalue weighted by atomic mass is 9.98. The fourth-order valence-corrected chi connectivity index (χ4v) is 3.68. The summed E-state index contributed by atoms with van der Waals surface area (Å²) in [6.45, 7) is 0.117. The number of benzene rings is 3. The first-order valence-electron chi connectivity index (χ1n) is 9.60. The summed E-state index contributed by atoms with van der Waals surface area (Å²) in [5.74, 6) is 3.13. The molecule has 3 aromatic rings. The molecular formula is C25H17F2NO3. The van der Waals surface area contributed by atoms with Gasteiger partial charge in [-0.15, -0.1) is 0 Å². The maximum atomic E-state index is 13.6. The molecule has 154 valence electrons. The molecule has 0 spiro atoms. The third-order valence-electron chi connectivity index (χ3n) is 5.09. The van der Waals surface area contributed by atoms with Crippen LogP contribution in [0.1, 0.15) is 33.0 Å². The molecule has 0 radical (unpaired) electrons. The number of hydrogen-bond acceptors (Lipinski definition) is 3. The van der Waals surface area contributed by atoms with Crippen LogP contribution in [-0.2, 0) is 4.74 Å². The molecule has 6 heteroatoms. The third kappa shape index (κ3) is 4.17. The number of amides is 1. The standard InChI is InChI=1S/C25H17F2NO3/c26-23-12-16(13-24(27)21(23)14-29)6-5-11-28-25(30)31-15-22-19-9-3-1-7-17(19)18-8-2-4-10-20(18)22/h1-4,7-10,12-14,22H,11,15H2,(H,28,30). The quantitative estimate of drug-likeness (QED) is 0.496. The number of carbonyl (C=O) groups is 2. The zero-order valence-electron chi connectivity index (χ0n) is 16.3. The summed E-state index contributed by atoms with van der Waals surface area (Å²) in [7, 11) is 0. The van der Waals surface area contributed by atoms with E-state index in [2.05, 4.69) is 29.3 Å². The number of alkyl carbamates (subject to hydrolysis) is 1. The van der Waals surface area contributed by atoms with E-state index < -0.39 is 23.3 Å². The van der Waals surface area contributed by atoms with E-state index >= 15 is 0 Å². The van der Waals surface area contributed by atoms with Gasteiger partial charge in [-0.1, -0.05) is 60.4 Å². The Labute approximate surface area is 177 Å². The fourth-order valence-electron chi connectivity index (χ4n) is 3.68. The highest BCUT2D eigenvalue weighted by Crippen LogP contribution is 2.44. The van der Waals surface area contributed by atoms with Crippen LogP contribution in [0, 0.1) is 23.5 Å². The molecule has 0 atom stereocenters. The van der Waals surface area contributed by atoms with Gasteiger partial charge in [0.05, 0.1) is 12.1 Å². The van der Waals surface area contributed by atoms with Crippen LogP contribution in [0.4, 0.5) is 13.6 Å². The van der Waals surface area contributed by atoms with Crippen molar-refractivity contribution in [1.82, 2.24) is 5.32 Å². The number of ether oxygens (including phenoxy) is 1. The first kappa shape index (κ1) is 20.3. The molecule has 0 unspecified atom stereocenters. The molecule has 0 saturated heterocycles. The predicted octanol–water partition coefficient (Wildman–Crippen LogP) is 4.67. The van der Waals surface area contributed by atoms with Crippen LogP contribution in [0.3, 0.4) is 0 Å². The molecule has 4 nitrogen and oxygen atoms in total. The number of aldehydes is 1. The van der Waals surface area contributed by atoms with Gasteiger partial charge in [-0.3, -0.25) is 4.79 Å². The van der Waals surface area contributed by atoms with Gasteiger partial charge >= 0.3 is 6.09 Å². The van der Waals surface area contributed by atoms with E-state index in [1.54, 1.807) is 0 Å². The molecule has 0 heterocycles. The van der Waals surface area contributed by atoms with E-state index in [4.69, 9.17) is 4.74 Å². The van der Waals surface area contributed by atoms with Gasteiger partial charge in [-0.25, -0.2) is 13.6 Å². The van der Waals surface area contributed by atoms with Gasteiger partial charge in [0.25, 0.3) is 0 Å². The SMILES string of the molecule is O=Cc1c(F)cc(C#CCNC(=O)OCC2c3ccccc3-c3ccccc32)cc1F. The Morgan fingerprint density at radius 1 is 1.00 bits per heavy atom. The number of nitrogens with one attached hydrogen (secondary N) is 1. The highest BCUT2D eigenvalue weighted by Gasteiger charge is 2.28. The second kappa shape index (κ2) is 8.80. The van der Waals surface area contributed by atoms with Crippen LogP contribution in [-0.4, -0.2) is 25.5 Å². The summed E-state index contributed by atoms with van der Waals surface area (Å²) < 4.78 is 32.5. The molecular weight excluding hydrogens is 400 g/mol. The summed E-state index contributed by atoms with van der Waals surface area (Å²) in [5.41, 5.74) is 3.92. The highest BCUT2D eigenvalue weighted by atomic mass is 19.1. The van der Waals surface area contributed by atoms with Crippen molar-refractivity contribution in [2.75, 3.05) is 13.2 Å². The third-order valence-corrected chi connectivity index (χ3v) is 5.09. The van der Waals surface area contributed by atoms with Crippen molar-refractivity contribution in [3.8, 4) is 23.0 Å². The van der Waals surface area contributed by atoms with Crippen molar-refractivity contribution in [2.45, 2.75) is 5.92 Å². The maximum Gasteiger partial charge on any atom is 0.407 e.